The van der Waals surface area contributed by atoms with Gasteiger partial charge in [0.2, 0.25) is 0 Å². The summed E-state index contributed by atoms with van der Waals surface area (Å²) in [6.07, 6.45) is 4.31. The number of anilines is 1. The van der Waals surface area contributed by atoms with Gasteiger partial charge in [0.25, 0.3) is 0 Å². The van der Waals surface area contributed by atoms with Gasteiger partial charge in [-0.2, -0.15) is 0 Å². The highest BCUT2D eigenvalue weighted by Crippen LogP contribution is 2.27. The normalized spacial score (nSPS) is 17.7. The minimum atomic E-state index is -0.952. The highest BCUT2D eigenvalue weighted by molar-refractivity contribution is 5.89. The number of carboxylic acid groups (broad SMARTS) is 1. The van der Waals surface area contributed by atoms with Crippen molar-refractivity contribution in [2.45, 2.75) is 45.3 Å². The van der Waals surface area contributed by atoms with Crippen molar-refractivity contribution in [3.05, 3.63) is 18.6 Å². The summed E-state index contributed by atoms with van der Waals surface area (Å²) in [4.78, 5) is 38.9. The third-order valence-corrected chi connectivity index (χ3v) is 4.40. The molecule has 0 aromatic carbocycles. The molecule has 1 amide bonds. The van der Waals surface area contributed by atoms with Crippen molar-refractivity contribution in [3.63, 3.8) is 0 Å². The molecular weight excluding hydrogens is 350 g/mol. The highest BCUT2D eigenvalue weighted by atomic mass is 16.6. The van der Waals surface area contributed by atoms with Crippen LogP contribution in [0.2, 0.25) is 0 Å². The summed E-state index contributed by atoms with van der Waals surface area (Å²) < 4.78 is 5.47. The zero-order valence-electron chi connectivity index (χ0n) is 15.8. The lowest BCUT2D eigenvalue weighted by Crippen LogP contribution is -2.52. The fourth-order valence-corrected chi connectivity index (χ4v) is 3.31. The van der Waals surface area contributed by atoms with Crippen molar-refractivity contribution >= 4 is 28.9 Å². The van der Waals surface area contributed by atoms with Crippen LogP contribution in [0.5, 0.6) is 0 Å². The van der Waals surface area contributed by atoms with Crippen molar-refractivity contribution in [1.82, 2.24) is 19.9 Å². The zero-order chi connectivity index (χ0) is 19.6. The molecule has 0 radical (unpaired) electrons. The number of nitrogens with one attached hydrogen (secondary N) is 1. The molecule has 9 nitrogen and oxygen atoms in total. The van der Waals surface area contributed by atoms with E-state index < -0.39 is 11.6 Å². The summed E-state index contributed by atoms with van der Waals surface area (Å²) in [5.74, 6) is -0.397. The molecule has 1 saturated heterocycles. The number of aliphatic carboxylic acids is 1. The summed E-state index contributed by atoms with van der Waals surface area (Å²) in [6, 6.07) is 1.66. The lowest BCUT2D eigenvalue weighted by Gasteiger charge is -2.39. The van der Waals surface area contributed by atoms with E-state index in [1.54, 1.807) is 16.0 Å². The van der Waals surface area contributed by atoms with Crippen molar-refractivity contribution in [3.8, 4) is 0 Å². The second-order valence-electron chi connectivity index (χ2n) is 7.68. The molecule has 27 heavy (non-hydrogen) atoms. The van der Waals surface area contributed by atoms with Crippen LogP contribution in [0.25, 0.3) is 11.0 Å². The third kappa shape index (κ3) is 4.47. The van der Waals surface area contributed by atoms with Gasteiger partial charge in [-0.05, 0) is 39.7 Å². The van der Waals surface area contributed by atoms with Crippen molar-refractivity contribution in [2.24, 2.45) is 0 Å². The minimum absolute atomic E-state index is 0.171. The molecule has 1 fully saturated rings. The highest BCUT2D eigenvalue weighted by Gasteiger charge is 2.32. The van der Waals surface area contributed by atoms with Gasteiger partial charge in [-0.25, -0.2) is 14.8 Å². The number of amides is 1. The van der Waals surface area contributed by atoms with Gasteiger partial charge in [-0.15, -0.1) is 0 Å². The molecule has 3 heterocycles. The Morgan fingerprint density at radius 1 is 1.41 bits per heavy atom. The number of fused-ring (bicyclic) bond motifs is 1. The largest absolute Gasteiger partial charge is 0.480 e. The van der Waals surface area contributed by atoms with Crippen LogP contribution in [0.15, 0.2) is 18.6 Å². The van der Waals surface area contributed by atoms with Crippen LogP contribution < -0.4 is 4.90 Å². The van der Waals surface area contributed by atoms with E-state index >= 15 is 0 Å². The molecule has 0 aliphatic carbocycles. The number of carbonyl (C=O) groups is 2. The van der Waals surface area contributed by atoms with E-state index in [0.717, 1.165) is 18.2 Å². The van der Waals surface area contributed by atoms with Crippen LogP contribution in [0.1, 0.15) is 33.6 Å². The Balaban J connectivity index is 1.86. The molecule has 2 N–H and O–H groups in total. The zero-order valence-corrected chi connectivity index (χ0v) is 15.8. The Hall–Kier alpha value is -2.84. The summed E-state index contributed by atoms with van der Waals surface area (Å²) in [5, 5.41) is 10.2. The maximum atomic E-state index is 12.4. The fraction of sp³-hybridized carbons (Fsp3) is 0.556. The molecule has 0 bridgehead atoms. The molecule has 2 aromatic rings. The Morgan fingerprint density at radius 2 is 2.19 bits per heavy atom. The van der Waals surface area contributed by atoms with E-state index in [4.69, 9.17) is 4.74 Å². The van der Waals surface area contributed by atoms with Crippen LogP contribution in [0.3, 0.4) is 0 Å². The predicted molar refractivity (Wildman–Crippen MR) is 99.7 cm³/mol. The Labute approximate surface area is 157 Å². The first-order valence-corrected chi connectivity index (χ1v) is 8.99. The molecule has 1 unspecified atom stereocenters. The van der Waals surface area contributed by atoms with Crippen LogP contribution in [-0.4, -0.2) is 68.3 Å². The maximum Gasteiger partial charge on any atom is 0.410 e. The molecule has 9 heteroatoms. The van der Waals surface area contributed by atoms with Gasteiger partial charge in [-0.1, -0.05) is 0 Å². The first-order chi connectivity index (χ1) is 12.7. The van der Waals surface area contributed by atoms with Gasteiger partial charge in [0.05, 0.1) is 5.39 Å². The second kappa shape index (κ2) is 7.42. The van der Waals surface area contributed by atoms with Gasteiger partial charge in [-0.3, -0.25) is 4.79 Å². The van der Waals surface area contributed by atoms with E-state index in [9.17, 15) is 14.7 Å². The SMILES string of the molecule is CC(C)(C)OC(=O)N1CCCC(N(CC(=O)O)c2ncnc3[nH]ccc23)C1. The summed E-state index contributed by atoms with van der Waals surface area (Å²) in [5.41, 5.74) is 0.0736. The standard InChI is InChI=1S/C18H25N5O4/c1-18(2,3)27-17(26)22-8-4-5-12(9-22)23(10-14(24)25)16-13-6-7-19-15(13)20-11-21-16/h6-7,11-12H,4-5,8-10H2,1-3H3,(H,24,25)(H,19,20,21). The van der Waals surface area contributed by atoms with Gasteiger partial charge < -0.3 is 24.6 Å². The number of ether oxygens (including phenoxy) is 1. The van der Waals surface area contributed by atoms with E-state index in [0.29, 0.717) is 24.6 Å². The lowest BCUT2D eigenvalue weighted by molar-refractivity contribution is -0.135. The Bertz CT molecular complexity index is 829. The van der Waals surface area contributed by atoms with Gasteiger partial charge in [0.1, 0.15) is 29.9 Å². The topological polar surface area (TPSA) is 112 Å². The molecule has 3 rings (SSSR count). The summed E-state index contributed by atoms with van der Waals surface area (Å²) >= 11 is 0. The van der Waals surface area contributed by atoms with E-state index in [1.807, 2.05) is 26.8 Å². The Morgan fingerprint density at radius 3 is 2.89 bits per heavy atom. The van der Waals surface area contributed by atoms with Crippen molar-refractivity contribution in [2.75, 3.05) is 24.5 Å². The van der Waals surface area contributed by atoms with Crippen LogP contribution in [-0.2, 0) is 9.53 Å². The third-order valence-electron chi connectivity index (χ3n) is 4.40. The molecule has 1 aliphatic heterocycles. The number of aromatic amines is 1. The number of H-pyrrole nitrogens is 1. The predicted octanol–water partition coefficient (Wildman–Crippen LogP) is 2.25. The van der Waals surface area contributed by atoms with Gasteiger partial charge in [0.15, 0.2) is 0 Å². The lowest BCUT2D eigenvalue weighted by atomic mass is 10.0. The number of piperidine rings is 1. The molecule has 1 atom stereocenters. The minimum Gasteiger partial charge on any atom is -0.480 e. The van der Waals surface area contributed by atoms with Gasteiger partial charge >= 0.3 is 12.1 Å². The number of rotatable bonds is 4. The molecule has 0 saturated carbocycles. The number of carboxylic acids is 1. The second-order valence-corrected chi connectivity index (χ2v) is 7.68. The van der Waals surface area contributed by atoms with Crippen LogP contribution in [0.4, 0.5) is 10.6 Å². The summed E-state index contributed by atoms with van der Waals surface area (Å²) in [6.45, 7) is 6.25. The van der Waals surface area contributed by atoms with Crippen LogP contribution >= 0.6 is 0 Å². The van der Waals surface area contributed by atoms with E-state index in [-0.39, 0.29) is 18.7 Å². The first kappa shape index (κ1) is 18.9. The number of hydrogen-bond acceptors (Lipinski definition) is 6. The number of hydrogen-bond donors (Lipinski definition) is 2. The number of likely N-dealkylation sites (tertiary alicyclic amines) is 1. The quantitative estimate of drug-likeness (QED) is 0.843. The van der Waals surface area contributed by atoms with Crippen molar-refractivity contribution < 1.29 is 19.4 Å². The van der Waals surface area contributed by atoms with Crippen molar-refractivity contribution in [1.29, 1.82) is 0 Å². The molecular formula is C18H25N5O4. The Kier molecular flexibility index (Phi) is 5.20. The first-order valence-electron chi connectivity index (χ1n) is 8.99. The van der Waals surface area contributed by atoms with E-state index in [1.165, 1.54) is 6.33 Å². The monoisotopic (exact) mass is 375 g/mol. The smallest absolute Gasteiger partial charge is 0.410 e. The van der Waals surface area contributed by atoms with Crippen LogP contribution in [0, 0.1) is 0 Å². The van der Waals surface area contributed by atoms with E-state index in [2.05, 4.69) is 15.0 Å². The molecule has 1 aliphatic rings. The number of nitrogens with zero attached hydrogens (tertiary/aromatic N) is 4. The molecule has 146 valence electrons. The molecule has 2 aromatic heterocycles. The van der Waals surface area contributed by atoms with Gasteiger partial charge in [0, 0.05) is 25.3 Å². The number of carbonyl (C=O) groups excluding carboxylic acids is 1. The summed E-state index contributed by atoms with van der Waals surface area (Å²) in [7, 11) is 0. The fourth-order valence-electron chi connectivity index (χ4n) is 3.31. The molecule has 0 spiro atoms. The maximum absolute atomic E-state index is 12.4. The average molecular weight is 375 g/mol. The number of aromatic nitrogens is 3. The average Bonchev–Trinajstić information content (AvgIpc) is 3.07.